The van der Waals surface area contributed by atoms with Crippen molar-refractivity contribution in [1.29, 1.82) is 0 Å². The minimum Gasteiger partial charge on any atom is -0.311 e. The van der Waals surface area contributed by atoms with E-state index in [9.17, 15) is 4.39 Å². The summed E-state index contributed by atoms with van der Waals surface area (Å²) in [5, 5.41) is 11.2. The molecule has 0 saturated heterocycles. The Morgan fingerprint density at radius 3 is 2.67 bits per heavy atom. The predicted molar refractivity (Wildman–Crippen MR) is 67.9 cm³/mol. The summed E-state index contributed by atoms with van der Waals surface area (Å²) in [5.41, 5.74) is 1.78. The van der Waals surface area contributed by atoms with E-state index >= 15 is 0 Å². The van der Waals surface area contributed by atoms with Gasteiger partial charge in [-0.15, -0.1) is 5.10 Å². The molecule has 0 bridgehead atoms. The standard InChI is InChI=1S/C13H17FN4/c1-10(2)7-15-8-13-9-16-17-18(13)12-5-3-11(14)4-6-12/h3-6,9-10,15H,7-8H2,1-2H3. The van der Waals surface area contributed by atoms with Crippen LogP contribution in [0.5, 0.6) is 0 Å². The van der Waals surface area contributed by atoms with Crippen LogP contribution in [0.25, 0.3) is 5.69 Å². The smallest absolute Gasteiger partial charge is 0.123 e. The maximum atomic E-state index is 12.9. The Labute approximate surface area is 106 Å². The van der Waals surface area contributed by atoms with Crippen molar-refractivity contribution < 1.29 is 4.39 Å². The Hall–Kier alpha value is -1.75. The first-order valence-electron chi connectivity index (χ1n) is 6.03. The fourth-order valence-corrected chi connectivity index (χ4v) is 1.67. The van der Waals surface area contributed by atoms with Crippen LogP contribution in [0.4, 0.5) is 4.39 Å². The van der Waals surface area contributed by atoms with Gasteiger partial charge in [-0.05, 0) is 36.7 Å². The van der Waals surface area contributed by atoms with E-state index in [-0.39, 0.29) is 5.82 Å². The van der Waals surface area contributed by atoms with Crippen LogP contribution in [0, 0.1) is 11.7 Å². The molecule has 0 fully saturated rings. The van der Waals surface area contributed by atoms with Crippen molar-refractivity contribution in [3.63, 3.8) is 0 Å². The summed E-state index contributed by atoms with van der Waals surface area (Å²) >= 11 is 0. The first-order chi connectivity index (χ1) is 8.66. The van der Waals surface area contributed by atoms with Crippen molar-refractivity contribution in [3.8, 4) is 5.69 Å². The number of benzene rings is 1. The van der Waals surface area contributed by atoms with E-state index in [4.69, 9.17) is 0 Å². The van der Waals surface area contributed by atoms with Gasteiger partial charge in [0.05, 0.1) is 17.6 Å². The molecular formula is C13H17FN4. The van der Waals surface area contributed by atoms with E-state index in [0.717, 1.165) is 17.9 Å². The molecule has 0 spiro atoms. The van der Waals surface area contributed by atoms with Crippen molar-refractivity contribution in [2.45, 2.75) is 20.4 Å². The van der Waals surface area contributed by atoms with E-state index in [1.807, 2.05) is 0 Å². The lowest BCUT2D eigenvalue weighted by Crippen LogP contribution is -2.20. The SMILES string of the molecule is CC(C)CNCc1cnnn1-c1ccc(F)cc1. The van der Waals surface area contributed by atoms with Crippen molar-refractivity contribution in [2.24, 2.45) is 5.92 Å². The minimum atomic E-state index is -0.252. The summed E-state index contributed by atoms with van der Waals surface area (Å²) in [5.74, 6) is 0.346. The van der Waals surface area contributed by atoms with Gasteiger partial charge in [-0.25, -0.2) is 9.07 Å². The number of rotatable bonds is 5. The molecule has 96 valence electrons. The van der Waals surface area contributed by atoms with Gasteiger partial charge in [-0.1, -0.05) is 19.1 Å². The molecule has 0 aliphatic rings. The summed E-state index contributed by atoms with van der Waals surface area (Å²) in [6.45, 7) is 5.95. The molecule has 1 aromatic carbocycles. The quantitative estimate of drug-likeness (QED) is 0.881. The number of aromatic nitrogens is 3. The molecule has 1 aromatic heterocycles. The molecule has 18 heavy (non-hydrogen) atoms. The van der Waals surface area contributed by atoms with Gasteiger partial charge in [0.1, 0.15) is 5.82 Å². The first kappa shape index (κ1) is 12.7. The molecule has 0 unspecified atom stereocenters. The van der Waals surface area contributed by atoms with Crippen LogP contribution in [0.1, 0.15) is 19.5 Å². The van der Waals surface area contributed by atoms with Crippen LogP contribution in [-0.4, -0.2) is 21.5 Å². The minimum absolute atomic E-state index is 0.252. The largest absolute Gasteiger partial charge is 0.311 e. The van der Waals surface area contributed by atoms with Crippen LogP contribution in [-0.2, 0) is 6.54 Å². The van der Waals surface area contributed by atoms with Crippen LogP contribution in [0.3, 0.4) is 0 Å². The van der Waals surface area contributed by atoms with Gasteiger partial charge in [0.25, 0.3) is 0 Å². The van der Waals surface area contributed by atoms with Gasteiger partial charge in [0.2, 0.25) is 0 Å². The Bertz CT molecular complexity index is 490. The van der Waals surface area contributed by atoms with Crippen LogP contribution in [0.15, 0.2) is 30.5 Å². The second-order valence-corrected chi connectivity index (χ2v) is 4.64. The highest BCUT2D eigenvalue weighted by atomic mass is 19.1. The van der Waals surface area contributed by atoms with Crippen molar-refractivity contribution in [3.05, 3.63) is 42.0 Å². The van der Waals surface area contributed by atoms with Crippen molar-refractivity contribution in [2.75, 3.05) is 6.54 Å². The summed E-state index contributed by atoms with van der Waals surface area (Å²) in [6.07, 6.45) is 1.72. The molecule has 1 N–H and O–H groups in total. The molecule has 0 saturated carbocycles. The third-order valence-corrected chi connectivity index (χ3v) is 2.55. The molecular weight excluding hydrogens is 231 g/mol. The summed E-state index contributed by atoms with van der Waals surface area (Å²) in [4.78, 5) is 0. The lowest BCUT2D eigenvalue weighted by Gasteiger charge is -2.09. The third-order valence-electron chi connectivity index (χ3n) is 2.55. The molecule has 5 heteroatoms. The first-order valence-corrected chi connectivity index (χ1v) is 6.03. The number of nitrogens with one attached hydrogen (secondary N) is 1. The van der Waals surface area contributed by atoms with E-state index in [1.54, 1.807) is 23.0 Å². The number of halogens is 1. The molecule has 4 nitrogen and oxygen atoms in total. The molecule has 0 atom stereocenters. The third kappa shape index (κ3) is 3.13. The average Bonchev–Trinajstić information content (AvgIpc) is 2.78. The molecule has 0 aliphatic heterocycles. The van der Waals surface area contributed by atoms with Crippen LogP contribution >= 0.6 is 0 Å². The Kier molecular flexibility index (Phi) is 4.04. The van der Waals surface area contributed by atoms with E-state index < -0.39 is 0 Å². The zero-order valence-corrected chi connectivity index (χ0v) is 10.6. The van der Waals surface area contributed by atoms with E-state index in [0.29, 0.717) is 12.5 Å². The van der Waals surface area contributed by atoms with Gasteiger partial charge in [0.15, 0.2) is 0 Å². The highest BCUT2D eigenvalue weighted by Gasteiger charge is 2.06. The van der Waals surface area contributed by atoms with Gasteiger partial charge >= 0.3 is 0 Å². The van der Waals surface area contributed by atoms with E-state index in [2.05, 4.69) is 29.5 Å². The Balaban J connectivity index is 2.10. The highest BCUT2D eigenvalue weighted by Crippen LogP contribution is 2.10. The number of nitrogens with zero attached hydrogens (tertiary/aromatic N) is 3. The zero-order valence-electron chi connectivity index (χ0n) is 10.6. The molecule has 0 aliphatic carbocycles. The molecule has 0 radical (unpaired) electrons. The van der Waals surface area contributed by atoms with E-state index in [1.165, 1.54) is 12.1 Å². The van der Waals surface area contributed by atoms with Crippen LogP contribution < -0.4 is 5.32 Å². The van der Waals surface area contributed by atoms with Crippen molar-refractivity contribution in [1.82, 2.24) is 20.3 Å². The maximum Gasteiger partial charge on any atom is 0.123 e. The second-order valence-electron chi connectivity index (χ2n) is 4.64. The van der Waals surface area contributed by atoms with Gasteiger partial charge in [-0.2, -0.15) is 0 Å². The Morgan fingerprint density at radius 1 is 1.28 bits per heavy atom. The summed E-state index contributed by atoms with van der Waals surface area (Å²) < 4.78 is 14.6. The number of hydrogen-bond acceptors (Lipinski definition) is 3. The fourth-order valence-electron chi connectivity index (χ4n) is 1.67. The Morgan fingerprint density at radius 2 is 2.00 bits per heavy atom. The molecule has 0 amide bonds. The van der Waals surface area contributed by atoms with Gasteiger partial charge in [0, 0.05) is 6.54 Å². The summed E-state index contributed by atoms with van der Waals surface area (Å²) in [7, 11) is 0. The predicted octanol–water partition coefficient (Wildman–Crippen LogP) is 2.15. The monoisotopic (exact) mass is 248 g/mol. The van der Waals surface area contributed by atoms with Crippen LogP contribution in [0.2, 0.25) is 0 Å². The lowest BCUT2D eigenvalue weighted by atomic mass is 10.2. The average molecular weight is 248 g/mol. The fraction of sp³-hybridized carbons (Fsp3) is 0.385. The second kappa shape index (κ2) is 5.73. The van der Waals surface area contributed by atoms with Gasteiger partial charge < -0.3 is 5.32 Å². The summed E-state index contributed by atoms with van der Waals surface area (Å²) in [6, 6.07) is 6.22. The number of hydrogen-bond donors (Lipinski definition) is 1. The normalized spacial score (nSPS) is 11.1. The topological polar surface area (TPSA) is 42.7 Å². The molecule has 1 heterocycles. The lowest BCUT2D eigenvalue weighted by molar-refractivity contribution is 0.542. The molecule has 2 rings (SSSR count). The molecule has 2 aromatic rings. The zero-order chi connectivity index (χ0) is 13.0. The van der Waals surface area contributed by atoms with Crippen molar-refractivity contribution >= 4 is 0 Å². The maximum absolute atomic E-state index is 12.9. The van der Waals surface area contributed by atoms with Gasteiger partial charge in [-0.3, -0.25) is 0 Å². The highest BCUT2D eigenvalue weighted by molar-refractivity contribution is 5.32.